The minimum Gasteiger partial charge on any atom is -0.447 e. The maximum absolute atomic E-state index is 13.9. The SMILES string of the molecule is C[C@H](N)c1ccc(Oc2ccccc2[N+](=O)[O-])c(F)c1. The summed E-state index contributed by atoms with van der Waals surface area (Å²) in [4.78, 5) is 10.3. The molecule has 0 heterocycles. The van der Waals surface area contributed by atoms with Crippen molar-refractivity contribution in [1.29, 1.82) is 0 Å². The lowest BCUT2D eigenvalue weighted by Crippen LogP contribution is -2.05. The second kappa shape index (κ2) is 5.66. The van der Waals surface area contributed by atoms with Gasteiger partial charge in [0, 0.05) is 12.1 Å². The first-order valence-corrected chi connectivity index (χ1v) is 5.95. The Bertz CT molecular complexity index is 644. The molecule has 0 aromatic heterocycles. The van der Waals surface area contributed by atoms with Crippen LogP contribution in [0.15, 0.2) is 42.5 Å². The monoisotopic (exact) mass is 276 g/mol. The van der Waals surface area contributed by atoms with Crippen LogP contribution in [0.1, 0.15) is 18.5 Å². The molecule has 0 saturated heterocycles. The van der Waals surface area contributed by atoms with Crippen molar-refractivity contribution < 1.29 is 14.1 Å². The minimum absolute atomic E-state index is 0.00931. The van der Waals surface area contributed by atoms with E-state index >= 15 is 0 Å². The summed E-state index contributed by atoms with van der Waals surface area (Å²) in [7, 11) is 0. The van der Waals surface area contributed by atoms with Crippen molar-refractivity contribution in [2.45, 2.75) is 13.0 Å². The standard InChI is InChI=1S/C14H13FN2O3/c1-9(16)10-6-7-13(11(15)8-10)20-14-5-3-2-4-12(14)17(18)19/h2-9H,16H2,1H3/t9-/m0/s1. The fourth-order valence-corrected chi connectivity index (χ4v) is 1.70. The lowest BCUT2D eigenvalue weighted by molar-refractivity contribution is -0.385. The molecule has 0 unspecified atom stereocenters. The molecule has 0 saturated carbocycles. The maximum Gasteiger partial charge on any atom is 0.311 e. The van der Waals surface area contributed by atoms with Gasteiger partial charge in [-0.2, -0.15) is 0 Å². The van der Waals surface area contributed by atoms with Gasteiger partial charge in [-0.15, -0.1) is 0 Å². The van der Waals surface area contributed by atoms with Gasteiger partial charge < -0.3 is 10.5 Å². The highest BCUT2D eigenvalue weighted by atomic mass is 19.1. The number of rotatable bonds is 4. The summed E-state index contributed by atoms with van der Waals surface area (Å²) in [6, 6.07) is 9.79. The van der Waals surface area contributed by atoms with Crippen molar-refractivity contribution in [3.63, 3.8) is 0 Å². The van der Waals surface area contributed by atoms with E-state index in [1.165, 1.54) is 30.3 Å². The van der Waals surface area contributed by atoms with Crippen LogP contribution in [0.5, 0.6) is 11.5 Å². The molecule has 2 aromatic rings. The van der Waals surface area contributed by atoms with Crippen molar-refractivity contribution >= 4 is 5.69 Å². The van der Waals surface area contributed by atoms with E-state index in [9.17, 15) is 14.5 Å². The molecule has 2 N–H and O–H groups in total. The van der Waals surface area contributed by atoms with Crippen molar-refractivity contribution in [1.82, 2.24) is 0 Å². The van der Waals surface area contributed by atoms with Gasteiger partial charge >= 0.3 is 5.69 Å². The fraction of sp³-hybridized carbons (Fsp3) is 0.143. The highest BCUT2D eigenvalue weighted by Crippen LogP contribution is 2.32. The molecular weight excluding hydrogens is 263 g/mol. The summed E-state index contributed by atoms with van der Waals surface area (Å²) < 4.78 is 19.2. The van der Waals surface area contributed by atoms with Crippen LogP contribution >= 0.6 is 0 Å². The molecule has 0 aliphatic carbocycles. The van der Waals surface area contributed by atoms with Crippen LogP contribution in [0.2, 0.25) is 0 Å². The third-order valence-electron chi connectivity index (χ3n) is 2.76. The first-order chi connectivity index (χ1) is 9.49. The molecule has 0 amide bonds. The summed E-state index contributed by atoms with van der Waals surface area (Å²) in [5.74, 6) is -0.702. The number of hydrogen-bond donors (Lipinski definition) is 1. The van der Waals surface area contributed by atoms with Crippen LogP contribution in [-0.2, 0) is 0 Å². The topological polar surface area (TPSA) is 78.4 Å². The number of nitro benzene ring substituents is 1. The maximum atomic E-state index is 13.9. The molecule has 2 aromatic carbocycles. The van der Waals surface area contributed by atoms with Gasteiger partial charge in [-0.25, -0.2) is 4.39 Å². The van der Waals surface area contributed by atoms with Crippen LogP contribution in [0.3, 0.4) is 0 Å². The zero-order valence-electron chi connectivity index (χ0n) is 10.7. The van der Waals surface area contributed by atoms with Gasteiger partial charge in [0.15, 0.2) is 11.6 Å². The number of ether oxygens (including phenoxy) is 1. The van der Waals surface area contributed by atoms with E-state index in [1.54, 1.807) is 19.1 Å². The van der Waals surface area contributed by atoms with E-state index in [0.717, 1.165) is 0 Å². The molecule has 0 spiro atoms. The molecule has 0 bridgehead atoms. The Hall–Kier alpha value is -2.47. The number of para-hydroxylation sites is 2. The zero-order valence-corrected chi connectivity index (χ0v) is 10.7. The number of nitrogens with zero attached hydrogens (tertiary/aromatic N) is 1. The minimum atomic E-state index is -0.613. The van der Waals surface area contributed by atoms with E-state index in [-0.39, 0.29) is 23.2 Å². The van der Waals surface area contributed by atoms with Gasteiger partial charge in [0.05, 0.1) is 4.92 Å². The molecule has 5 nitrogen and oxygen atoms in total. The molecule has 0 aliphatic heterocycles. The van der Waals surface area contributed by atoms with Crippen LogP contribution < -0.4 is 10.5 Å². The lowest BCUT2D eigenvalue weighted by atomic mass is 10.1. The summed E-state index contributed by atoms with van der Waals surface area (Å²) in [5, 5.41) is 10.9. The molecule has 104 valence electrons. The summed E-state index contributed by atoms with van der Waals surface area (Å²) in [6.07, 6.45) is 0. The second-order valence-corrected chi connectivity index (χ2v) is 4.31. The quantitative estimate of drug-likeness (QED) is 0.684. The van der Waals surface area contributed by atoms with Crippen LogP contribution in [0.4, 0.5) is 10.1 Å². The Kier molecular flexibility index (Phi) is 3.95. The molecule has 0 fully saturated rings. The van der Waals surface area contributed by atoms with Gasteiger partial charge in [-0.3, -0.25) is 10.1 Å². The second-order valence-electron chi connectivity index (χ2n) is 4.31. The van der Waals surface area contributed by atoms with Crippen molar-refractivity contribution in [2.75, 3.05) is 0 Å². The third kappa shape index (κ3) is 2.92. The van der Waals surface area contributed by atoms with Gasteiger partial charge in [-0.1, -0.05) is 18.2 Å². The average Bonchev–Trinajstić information content (AvgIpc) is 2.41. The number of benzene rings is 2. The molecule has 20 heavy (non-hydrogen) atoms. The number of hydrogen-bond acceptors (Lipinski definition) is 4. The molecule has 0 radical (unpaired) electrons. The highest BCUT2D eigenvalue weighted by Gasteiger charge is 2.16. The van der Waals surface area contributed by atoms with Crippen LogP contribution in [0.25, 0.3) is 0 Å². The molecule has 6 heteroatoms. The normalized spacial score (nSPS) is 11.9. The molecule has 2 rings (SSSR count). The molecule has 1 atom stereocenters. The van der Waals surface area contributed by atoms with E-state index in [1.807, 2.05) is 0 Å². The van der Waals surface area contributed by atoms with Crippen molar-refractivity contribution in [3.8, 4) is 11.5 Å². The Balaban J connectivity index is 2.33. The van der Waals surface area contributed by atoms with Gasteiger partial charge in [0.1, 0.15) is 0 Å². The Morgan fingerprint density at radius 1 is 1.25 bits per heavy atom. The lowest BCUT2D eigenvalue weighted by Gasteiger charge is -2.10. The van der Waals surface area contributed by atoms with E-state index in [0.29, 0.717) is 5.56 Å². The number of halogens is 1. The fourth-order valence-electron chi connectivity index (χ4n) is 1.70. The third-order valence-corrected chi connectivity index (χ3v) is 2.76. The first kappa shape index (κ1) is 14.0. The van der Waals surface area contributed by atoms with Crippen LogP contribution in [0, 0.1) is 15.9 Å². The Morgan fingerprint density at radius 2 is 1.95 bits per heavy atom. The highest BCUT2D eigenvalue weighted by molar-refractivity contribution is 5.48. The van der Waals surface area contributed by atoms with Crippen molar-refractivity contribution in [2.24, 2.45) is 5.73 Å². The number of nitro groups is 1. The van der Waals surface area contributed by atoms with Crippen molar-refractivity contribution in [3.05, 3.63) is 64.0 Å². The van der Waals surface area contributed by atoms with Gasteiger partial charge in [-0.05, 0) is 30.7 Å². The Labute approximate surface area is 114 Å². The largest absolute Gasteiger partial charge is 0.447 e. The predicted molar refractivity (Wildman–Crippen MR) is 72.2 cm³/mol. The Morgan fingerprint density at radius 3 is 2.55 bits per heavy atom. The predicted octanol–water partition coefficient (Wildman–Crippen LogP) is 3.55. The van der Waals surface area contributed by atoms with E-state index in [4.69, 9.17) is 10.5 Å². The van der Waals surface area contributed by atoms with Gasteiger partial charge in [0.25, 0.3) is 0 Å². The molecular formula is C14H13FN2O3. The van der Waals surface area contributed by atoms with Crippen LogP contribution in [-0.4, -0.2) is 4.92 Å². The van der Waals surface area contributed by atoms with E-state index < -0.39 is 10.7 Å². The smallest absolute Gasteiger partial charge is 0.311 e. The summed E-state index contributed by atoms with van der Waals surface area (Å²) in [6.45, 7) is 1.73. The zero-order chi connectivity index (χ0) is 14.7. The van der Waals surface area contributed by atoms with E-state index in [2.05, 4.69) is 0 Å². The number of nitrogens with two attached hydrogens (primary N) is 1. The summed E-state index contributed by atoms with van der Waals surface area (Å²) >= 11 is 0. The summed E-state index contributed by atoms with van der Waals surface area (Å²) in [5.41, 5.74) is 6.06. The van der Waals surface area contributed by atoms with Gasteiger partial charge in [0.2, 0.25) is 5.75 Å². The molecule has 0 aliphatic rings. The average molecular weight is 276 g/mol. The first-order valence-electron chi connectivity index (χ1n) is 5.95.